The Kier molecular flexibility index (Phi) is 5.22. The third-order valence-electron chi connectivity index (χ3n) is 3.91. The van der Waals surface area contributed by atoms with Crippen LogP contribution in [0.4, 0.5) is 0 Å². The summed E-state index contributed by atoms with van der Waals surface area (Å²) >= 11 is 0. The molecule has 2 aliphatic heterocycles. The Balaban J connectivity index is 1.89. The summed E-state index contributed by atoms with van der Waals surface area (Å²) in [6.07, 6.45) is 1.54. The van der Waals surface area contributed by atoms with Crippen molar-refractivity contribution >= 4 is 10.0 Å². The standard InChI is InChI=1S/C13H26N2O3S/c1-12(2)11-14-5-3-13(4-6-14)19(16,17)15-7-9-18-10-8-15/h12-13H,3-11H2,1-2H3. The smallest absolute Gasteiger partial charge is 0.217 e. The predicted octanol–water partition coefficient (Wildman–Crippen LogP) is 0.769. The van der Waals surface area contributed by atoms with E-state index in [1.54, 1.807) is 4.31 Å². The van der Waals surface area contributed by atoms with Crippen molar-refractivity contribution in [1.29, 1.82) is 0 Å². The summed E-state index contributed by atoms with van der Waals surface area (Å²) in [5, 5.41) is -0.186. The van der Waals surface area contributed by atoms with Gasteiger partial charge in [0, 0.05) is 19.6 Å². The van der Waals surface area contributed by atoms with Crippen molar-refractivity contribution in [2.45, 2.75) is 31.9 Å². The van der Waals surface area contributed by atoms with Gasteiger partial charge < -0.3 is 9.64 Å². The Morgan fingerprint density at radius 2 is 1.68 bits per heavy atom. The van der Waals surface area contributed by atoms with Crippen molar-refractivity contribution in [1.82, 2.24) is 9.21 Å². The van der Waals surface area contributed by atoms with E-state index >= 15 is 0 Å². The van der Waals surface area contributed by atoms with Crippen molar-refractivity contribution < 1.29 is 13.2 Å². The summed E-state index contributed by atoms with van der Waals surface area (Å²) in [6, 6.07) is 0. The molecule has 0 aliphatic carbocycles. The van der Waals surface area contributed by atoms with Gasteiger partial charge in [0.25, 0.3) is 0 Å². The van der Waals surface area contributed by atoms with Crippen molar-refractivity contribution in [3.63, 3.8) is 0 Å². The molecule has 112 valence electrons. The monoisotopic (exact) mass is 290 g/mol. The Morgan fingerprint density at radius 1 is 1.11 bits per heavy atom. The van der Waals surface area contributed by atoms with Crippen LogP contribution in [-0.2, 0) is 14.8 Å². The maximum Gasteiger partial charge on any atom is 0.217 e. The van der Waals surface area contributed by atoms with E-state index in [4.69, 9.17) is 4.74 Å². The Hall–Kier alpha value is -0.170. The van der Waals surface area contributed by atoms with Crippen LogP contribution in [0.25, 0.3) is 0 Å². The predicted molar refractivity (Wildman–Crippen MR) is 75.6 cm³/mol. The van der Waals surface area contributed by atoms with Crippen LogP contribution in [-0.4, -0.2) is 68.8 Å². The summed E-state index contributed by atoms with van der Waals surface area (Å²) in [5.74, 6) is 0.646. The summed E-state index contributed by atoms with van der Waals surface area (Å²) in [7, 11) is -3.11. The summed E-state index contributed by atoms with van der Waals surface area (Å²) in [5.41, 5.74) is 0. The van der Waals surface area contributed by atoms with Crippen LogP contribution < -0.4 is 0 Å². The maximum absolute atomic E-state index is 12.5. The van der Waals surface area contributed by atoms with Crippen LogP contribution in [0.15, 0.2) is 0 Å². The van der Waals surface area contributed by atoms with Gasteiger partial charge in [-0.1, -0.05) is 13.8 Å². The van der Waals surface area contributed by atoms with Gasteiger partial charge in [0.1, 0.15) is 0 Å². The van der Waals surface area contributed by atoms with E-state index < -0.39 is 10.0 Å². The molecule has 0 amide bonds. The van der Waals surface area contributed by atoms with Gasteiger partial charge in [-0.25, -0.2) is 8.42 Å². The number of likely N-dealkylation sites (tertiary alicyclic amines) is 1. The molecule has 2 heterocycles. The lowest BCUT2D eigenvalue weighted by atomic mass is 10.1. The molecule has 0 N–H and O–H groups in total. The molecule has 0 spiro atoms. The van der Waals surface area contributed by atoms with E-state index in [9.17, 15) is 8.42 Å². The van der Waals surface area contributed by atoms with Gasteiger partial charge in [0.15, 0.2) is 0 Å². The fourth-order valence-corrected chi connectivity index (χ4v) is 4.80. The van der Waals surface area contributed by atoms with E-state index in [-0.39, 0.29) is 5.25 Å². The molecule has 0 aromatic rings. The second-order valence-corrected chi connectivity index (χ2v) is 8.16. The lowest BCUT2D eigenvalue weighted by molar-refractivity contribution is 0.0720. The quantitative estimate of drug-likeness (QED) is 0.767. The normalized spacial score (nSPS) is 25.0. The second kappa shape index (κ2) is 6.52. The molecule has 0 unspecified atom stereocenters. The SMILES string of the molecule is CC(C)CN1CCC(S(=O)(=O)N2CCOCC2)CC1. The Labute approximate surface area is 117 Å². The minimum atomic E-state index is -3.11. The molecule has 2 aliphatic rings. The van der Waals surface area contributed by atoms with Gasteiger partial charge in [-0.3, -0.25) is 0 Å². The molecule has 5 nitrogen and oxygen atoms in total. The van der Waals surface area contributed by atoms with Gasteiger partial charge in [-0.15, -0.1) is 0 Å². The summed E-state index contributed by atoms with van der Waals surface area (Å²) < 4.78 is 31.9. The topological polar surface area (TPSA) is 49.9 Å². The Morgan fingerprint density at radius 3 is 2.21 bits per heavy atom. The molecule has 6 heteroatoms. The summed E-state index contributed by atoms with van der Waals surface area (Å²) in [4.78, 5) is 2.38. The van der Waals surface area contributed by atoms with Crippen LogP contribution in [0.5, 0.6) is 0 Å². The lowest BCUT2D eigenvalue weighted by Gasteiger charge is -2.36. The number of morpholine rings is 1. The largest absolute Gasteiger partial charge is 0.379 e. The van der Waals surface area contributed by atoms with Crippen LogP contribution in [0.3, 0.4) is 0 Å². The fourth-order valence-electron chi connectivity index (χ4n) is 2.92. The Bertz CT molecular complexity index is 369. The first-order chi connectivity index (χ1) is 9.00. The van der Waals surface area contributed by atoms with E-state index in [1.807, 2.05) is 0 Å². The molecule has 2 fully saturated rings. The van der Waals surface area contributed by atoms with Crippen LogP contribution in [0.1, 0.15) is 26.7 Å². The first kappa shape index (κ1) is 15.2. The third-order valence-corrected chi connectivity index (χ3v) is 6.31. The molecular weight excluding hydrogens is 264 g/mol. The molecule has 0 saturated carbocycles. The first-order valence-electron chi connectivity index (χ1n) is 7.29. The van der Waals surface area contributed by atoms with Gasteiger partial charge in [0.2, 0.25) is 10.0 Å². The van der Waals surface area contributed by atoms with E-state index in [0.29, 0.717) is 32.2 Å². The number of piperidine rings is 1. The number of ether oxygens (including phenoxy) is 1. The number of nitrogens with zero attached hydrogens (tertiary/aromatic N) is 2. The van der Waals surface area contributed by atoms with Crippen molar-refractivity contribution in [2.24, 2.45) is 5.92 Å². The van der Waals surface area contributed by atoms with E-state index in [1.165, 1.54) is 0 Å². The highest BCUT2D eigenvalue weighted by molar-refractivity contribution is 7.89. The molecule has 0 atom stereocenters. The van der Waals surface area contributed by atoms with Gasteiger partial charge >= 0.3 is 0 Å². The molecule has 2 saturated heterocycles. The third kappa shape index (κ3) is 3.90. The number of hydrogen-bond donors (Lipinski definition) is 0. The van der Waals surface area contributed by atoms with E-state index in [0.717, 1.165) is 32.5 Å². The number of hydrogen-bond acceptors (Lipinski definition) is 4. The van der Waals surface area contributed by atoms with E-state index in [2.05, 4.69) is 18.7 Å². The first-order valence-corrected chi connectivity index (χ1v) is 8.79. The molecule has 0 aromatic carbocycles. The molecule has 0 radical (unpaired) electrons. The highest BCUT2D eigenvalue weighted by Gasteiger charge is 2.35. The molecule has 19 heavy (non-hydrogen) atoms. The highest BCUT2D eigenvalue weighted by atomic mass is 32.2. The molecule has 0 aromatic heterocycles. The molecule has 2 rings (SSSR count). The van der Waals surface area contributed by atoms with Crippen LogP contribution >= 0.6 is 0 Å². The molecule has 0 bridgehead atoms. The highest BCUT2D eigenvalue weighted by Crippen LogP contribution is 2.22. The van der Waals surface area contributed by atoms with Crippen LogP contribution in [0.2, 0.25) is 0 Å². The van der Waals surface area contributed by atoms with Crippen molar-refractivity contribution in [3.05, 3.63) is 0 Å². The van der Waals surface area contributed by atoms with Gasteiger partial charge in [-0.05, 0) is 31.8 Å². The maximum atomic E-state index is 12.5. The van der Waals surface area contributed by atoms with Crippen molar-refractivity contribution in [2.75, 3.05) is 45.9 Å². The lowest BCUT2D eigenvalue weighted by Crippen LogP contribution is -2.49. The number of sulfonamides is 1. The minimum absolute atomic E-state index is 0.186. The molecular formula is C13H26N2O3S. The van der Waals surface area contributed by atoms with Gasteiger partial charge in [0.05, 0.1) is 18.5 Å². The number of rotatable bonds is 4. The fraction of sp³-hybridized carbons (Fsp3) is 1.00. The second-order valence-electron chi connectivity index (χ2n) is 5.95. The van der Waals surface area contributed by atoms with Crippen molar-refractivity contribution in [3.8, 4) is 0 Å². The zero-order valence-corrected chi connectivity index (χ0v) is 12.9. The summed E-state index contributed by atoms with van der Waals surface area (Å²) in [6.45, 7) is 9.41. The van der Waals surface area contributed by atoms with Crippen LogP contribution in [0, 0.1) is 5.92 Å². The zero-order chi connectivity index (χ0) is 13.9. The average molecular weight is 290 g/mol. The van der Waals surface area contributed by atoms with Gasteiger partial charge in [-0.2, -0.15) is 4.31 Å². The minimum Gasteiger partial charge on any atom is -0.379 e. The zero-order valence-electron chi connectivity index (χ0n) is 12.0. The average Bonchev–Trinajstić information content (AvgIpc) is 2.40.